The lowest BCUT2D eigenvalue weighted by Gasteiger charge is -2.23. The van der Waals surface area contributed by atoms with E-state index in [1.165, 1.54) is 12.1 Å². The number of hydrogen-bond acceptors (Lipinski definition) is 5. The Morgan fingerprint density at radius 1 is 0.935 bits per heavy atom. The van der Waals surface area contributed by atoms with Crippen molar-refractivity contribution in [2.24, 2.45) is 0 Å². The second kappa shape index (κ2) is 9.20. The number of hydrogen-bond donors (Lipinski definition) is 0. The molecule has 2 rings (SSSR count). The number of halogens is 7. The predicted octanol–water partition coefficient (Wildman–Crippen LogP) is 3.71. The van der Waals surface area contributed by atoms with Crippen molar-refractivity contribution in [2.75, 3.05) is 21.1 Å². The molecule has 0 amide bonds. The Hall–Kier alpha value is -2.71. The molecule has 0 aliphatic carbocycles. The van der Waals surface area contributed by atoms with E-state index in [1.54, 1.807) is 12.1 Å². The number of carbonyl (C=O) groups excluding carboxylic acids is 1. The molecule has 14 heteroatoms. The van der Waals surface area contributed by atoms with E-state index in [-0.39, 0.29) is 11.6 Å². The summed E-state index contributed by atoms with van der Waals surface area (Å²) in [5, 5.41) is 0. The summed E-state index contributed by atoms with van der Waals surface area (Å²) in [5.41, 5.74) is -4.78. The molecule has 0 fully saturated rings. The van der Waals surface area contributed by atoms with Crippen molar-refractivity contribution in [3.05, 3.63) is 59.2 Å². The summed E-state index contributed by atoms with van der Waals surface area (Å²) in [6, 6.07) is 6.10. The van der Waals surface area contributed by atoms with Crippen LogP contribution in [-0.2, 0) is 10.1 Å². The molecule has 0 aliphatic heterocycles. The summed E-state index contributed by atoms with van der Waals surface area (Å²) < 4.78 is 117. The van der Waals surface area contributed by atoms with Gasteiger partial charge in [-0.2, -0.15) is 22.0 Å². The van der Waals surface area contributed by atoms with Gasteiger partial charge >= 0.3 is 11.5 Å². The highest BCUT2D eigenvalue weighted by Gasteiger charge is 2.36. The first-order valence-corrected chi connectivity index (χ1v) is 9.26. The lowest BCUT2D eigenvalue weighted by Crippen LogP contribution is -2.34. The maximum Gasteiger partial charge on any atom is 0.485 e. The number of benzene rings is 2. The lowest BCUT2D eigenvalue weighted by molar-refractivity contribution is -0.0517. The minimum Gasteiger partial charge on any atom is -0.741 e. The molecule has 0 aromatic heterocycles. The number of carbonyl (C=O) groups is 1. The molecule has 0 saturated heterocycles. The fourth-order valence-electron chi connectivity index (χ4n) is 1.84. The van der Waals surface area contributed by atoms with E-state index in [4.69, 9.17) is 13.0 Å². The van der Waals surface area contributed by atoms with Gasteiger partial charge in [0.25, 0.3) is 0 Å². The van der Waals surface area contributed by atoms with Crippen molar-refractivity contribution in [3.63, 3.8) is 0 Å². The summed E-state index contributed by atoms with van der Waals surface area (Å²) >= 11 is 0. The van der Waals surface area contributed by atoms with Crippen LogP contribution in [0.1, 0.15) is 10.4 Å². The molecule has 0 spiro atoms. The molecule has 2 aromatic rings. The zero-order valence-electron chi connectivity index (χ0n) is 15.9. The van der Waals surface area contributed by atoms with Crippen molar-refractivity contribution < 1.29 is 53.2 Å². The molecule has 0 radical (unpaired) electrons. The number of esters is 1. The van der Waals surface area contributed by atoms with Gasteiger partial charge in [0.05, 0.1) is 26.7 Å². The maximum atomic E-state index is 13.5. The Bertz CT molecular complexity index is 1040. The highest BCUT2D eigenvalue weighted by atomic mass is 32.2. The van der Waals surface area contributed by atoms with Crippen LogP contribution in [0.3, 0.4) is 0 Å². The van der Waals surface area contributed by atoms with Crippen LogP contribution in [-0.4, -0.2) is 45.6 Å². The third-order valence-corrected chi connectivity index (χ3v) is 3.99. The van der Waals surface area contributed by atoms with E-state index >= 15 is 0 Å². The average Bonchev–Trinajstić information content (AvgIpc) is 2.61. The van der Waals surface area contributed by atoms with Gasteiger partial charge in [0.2, 0.25) is 17.4 Å². The molecule has 31 heavy (non-hydrogen) atoms. The number of quaternary nitrogens is 1. The summed E-state index contributed by atoms with van der Waals surface area (Å²) in [6.45, 7) is 0. The average molecular weight is 477 g/mol. The van der Waals surface area contributed by atoms with Crippen LogP contribution in [0.5, 0.6) is 5.75 Å². The first-order chi connectivity index (χ1) is 13.9. The molecule has 0 bridgehead atoms. The fraction of sp³-hybridized carbons (Fsp3) is 0.235. The Morgan fingerprint density at radius 2 is 1.32 bits per heavy atom. The van der Waals surface area contributed by atoms with E-state index in [9.17, 15) is 35.5 Å². The number of ether oxygens (including phenoxy) is 1. The Labute approximate surface area is 171 Å². The van der Waals surface area contributed by atoms with E-state index in [2.05, 4.69) is 4.74 Å². The smallest absolute Gasteiger partial charge is 0.485 e. The van der Waals surface area contributed by atoms with Crippen molar-refractivity contribution >= 4 is 21.8 Å². The molecular weight excluding hydrogens is 463 g/mol. The molecule has 172 valence electrons. The van der Waals surface area contributed by atoms with Gasteiger partial charge in [0, 0.05) is 6.07 Å². The summed E-state index contributed by atoms with van der Waals surface area (Å²) in [6.07, 6.45) is 0. The van der Waals surface area contributed by atoms with E-state index in [0.717, 1.165) is 5.69 Å². The highest BCUT2D eigenvalue weighted by Crippen LogP contribution is 2.27. The molecular formula is C17H14F7NO5S. The summed E-state index contributed by atoms with van der Waals surface area (Å²) in [7, 11) is -0.359. The third kappa shape index (κ3) is 6.90. The summed E-state index contributed by atoms with van der Waals surface area (Å²) in [5.74, 6) is -9.34. The van der Waals surface area contributed by atoms with Gasteiger partial charge in [-0.05, 0) is 24.3 Å². The van der Waals surface area contributed by atoms with E-state index in [0.29, 0.717) is 4.48 Å². The minimum atomic E-state index is -6.09. The monoisotopic (exact) mass is 477 g/mol. The largest absolute Gasteiger partial charge is 0.741 e. The van der Waals surface area contributed by atoms with Crippen LogP contribution in [0.2, 0.25) is 0 Å². The maximum absolute atomic E-state index is 13.5. The number of nitrogens with zero attached hydrogens (tertiary/aromatic N) is 1. The van der Waals surface area contributed by atoms with Gasteiger partial charge in [0.15, 0.2) is 21.8 Å². The predicted molar refractivity (Wildman–Crippen MR) is 93.0 cm³/mol. The second-order valence-corrected chi connectivity index (χ2v) is 8.02. The first-order valence-electron chi connectivity index (χ1n) is 7.85. The van der Waals surface area contributed by atoms with Crippen LogP contribution in [0.15, 0.2) is 30.3 Å². The van der Waals surface area contributed by atoms with Gasteiger partial charge in [-0.1, -0.05) is 0 Å². The molecule has 0 aliphatic rings. The van der Waals surface area contributed by atoms with Crippen molar-refractivity contribution in [3.8, 4) is 5.75 Å². The molecule has 0 saturated carbocycles. The Morgan fingerprint density at radius 3 is 1.65 bits per heavy atom. The standard InChI is InChI=1S/C16H14F4NO2.CHF3O3S/c1-21(2,3)10-6-4-9(5-7-10)16(22)23-15-13(19)11(17)8-12(18)14(15)20;2-1(3,4)8(5,6)7/h4-8H,1-3H3;(H,5,6,7)/q+1;/p-1. The molecule has 0 heterocycles. The molecule has 0 atom stereocenters. The molecule has 0 N–H and O–H groups in total. The second-order valence-electron chi connectivity index (χ2n) is 6.65. The van der Waals surface area contributed by atoms with E-state index < -0.39 is 50.6 Å². The first kappa shape index (κ1) is 26.3. The quantitative estimate of drug-likeness (QED) is 0.128. The molecule has 2 aromatic carbocycles. The van der Waals surface area contributed by atoms with Gasteiger partial charge < -0.3 is 9.29 Å². The molecule has 0 unspecified atom stereocenters. The Kier molecular flexibility index (Phi) is 7.81. The number of rotatable bonds is 3. The van der Waals surface area contributed by atoms with Crippen LogP contribution >= 0.6 is 0 Å². The van der Waals surface area contributed by atoms with Crippen molar-refractivity contribution in [2.45, 2.75) is 5.51 Å². The van der Waals surface area contributed by atoms with E-state index in [1.807, 2.05) is 21.1 Å². The zero-order chi connectivity index (χ0) is 24.4. The molecule has 6 nitrogen and oxygen atoms in total. The van der Waals surface area contributed by atoms with Gasteiger partial charge in [-0.3, -0.25) is 4.48 Å². The Balaban J connectivity index is 0.000000512. The van der Waals surface area contributed by atoms with Crippen LogP contribution in [0.4, 0.5) is 36.4 Å². The highest BCUT2D eigenvalue weighted by molar-refractivity contribution is 7.86. The van der Waals surface area contributed by atoms with Gasteiger partial charge in [0.1, 0.15) is 5.69 Å². The van der Waals surface area contributed by atoms with Gasteiger partial charge in [-0.15, -0.1) is 0 Å². The van der Waals surface area contributed by atoms with Crippen molar-refractivity contribution in [1.82, 2.24) is 4.48 Å². The van der Waals surface area contributed by atoms with Crippen molar-refractivity contribution in [1.29, 1.82) is 0 Å². The number of alkyl halides is 3. The topological polar surface area (TPSA) is 83.5 Å². The van der Waals surface area contributed by atoms with Crippen LogP contribution < -0.4 is 9.22 Å². The minimum absolute atomic E-state index is 0.00864. The van der Waals surface area contributed by atoms with Gasteiger partial charge in [-0.25, -0.2) is 22.0 Å². The lowest BCUT2D eigenvalue weighted by atomic mass is 10.2. The third-order valence-electron chi connectivity index (χ3n) is 3.43. The SMILES string of the molecule is C[N+](C)(C)c1ccc(C(=O)Oc2c(F)c(F)cc(F)c2F)cc1.O=S(=O)([O-])C(F)(F)F. The normalized spacial score (nSPS) is 12.1. The fourth-order valence-corrected chi connectivity index (χ4v) is 1.84. The summed E-state index contributed by atoms with van der Waals surface area (Å²) in [4.78, 5) is 11.9. The zero-order valence-corrected chi connectivity index (χ0v) is 16.7. The van der Waals surface area contributed by atoms with Crippen LogP contribution in [0.25, 0.3) is 0 Å². The van der Waals surface area contributed by atoms with Crippen LogP contribution in [0, 0.1) is 23.3 Å².